The summed E-state index contributed by atoms with van der Waals surface area (Å²) < 4.78 is 2.33. The van der Waals surface area contributed by atoms with Gasteiger partial charge in [0.25, 0.3) is 0 Å². The summed E-state index contributed by atoms with van der Waals surface area (Å²) in [6, 6.07) is 8.16. The molecule has 0 bridgehead atoms. The van der Waals surface area contributed by atoms with Crippen LogP contribution in [0.2, 0.25) is 0 Å². The largest absolute Gasteiger partial charge is 0.374 e. The zero-order valence-corrected chi connectivity index (χ0v) is 16.1. The standard InChI is InChI=1S/C12H13NOS2.C4H7N3S/c1-9(14)5-4-8-15-12-13-10-6-2-3-7-11(10)16-12;1-2-3-6-7-4(5)8-3/h2-3,6-7H,4-5,8H2,1H3;2H2,1H3,(H2,5,7). The van der Waals surface area contributed by atoms with Gasteiger partial charge in [-0.05, 0) is 31.9 Å². The van der Waals surface area contributed by atoms with E-state index in [1.165, 1.54) is 16.0 Å². The average molecular weight is 381 g/mol. The van der Waals surface area contributed by atoms with E-state index in [0.29, 0.717) is 11.6 Å². The number of benzene rings is 1. The maximum Gasteiger partial charge on any atom is 0.203 e. The van der Waals surface area contributed by atoms with Crippen LogP contribution in [-0.2, 0) is 11.2 Å². The third-order valence-electron chi connectivity index (χ3n) is 2.96. The van der Waals surface area contributed by atoms with Crippen LogP contribution in [0.1, 0.15) is 31.7 Å². The first kappa shape index (κ1) is 18.8. The van der Waals surface area contributed by atoms with Crippen LogP contribution in [0.15, 0.2) is 28.6 Å². The van der Waals surface area contributed by atoms with Crippen molar-refractivity contribution in [3.05, 3.63) is 29.3 Å². The molecule has 0 spiro atoms. The molecule has 0 radical (unpaired) electrons. The number of rotatable bonds is 6. The van der Waals surface area contributed by atoms with Crippen molar-refractivity contribution >= 4 is 55.6 Å². The molecule has 0 aliphatic rings. The molecule has 128 valence electrons. The van der Waals surface area contributed by atoms with Gasteiger partial charge >= 0.3 is 0 Å². The zero-order valence-electron chi connectivity index (χ0n) is 13.7. The summed E-state index contributed by atoms with van der Waals surface area (Å²) in [5, 5.41) is 8.97. The van der Waals surface area contributed by atoms with E-state index in [1.54, 1.807) is 30.0 Å². The molecule has 2 aromatic heterocycles. The van der Waals surface area contributed by atoms with Crippen molar-refractivity contribution in [3.8, 4) is 0 Å². The molecule has 0 fully saturated rings. The van der Waals surface area contributed by atoms with Crippen LogP contribution in [0.5, 0.6) is 0 Å². The Morgan fingerprint density at radius 1 is 1.25 bits per heavy atom. The molecule has 0 aliphatic heterocycles. The Balaban J connectivity index is 0.000000219. The maximum absolute atomic E-state index is 10.8. The third-order valence-corrected chi connectivity index (χ3v) is 6.12. The van der Waals surface area contributed by atoms with E-state index in [0.717, 1.165) is 33.5 Å². The van der Waals surface area contributed by atoms with E-state index in [9.17, 15) is 4.79 Å². The summed E-state index contributed by atoms with van der Waals surface area (Å²) in [4.78, 5) is 15.3. The number of anilines is 1. The van der Waals surface area contributed by atoms with Gasteiger partial charge in [0.05, 0.1) is 10.2 Å². The predicted molar refractivity (Wildman–Crippen MR) is 104 cm³/mol. The Bertz CT molecular complexity index is 751. The number of fused-ring (bicyclic) bond motifs is 1. The molecule has 3 aromatic rings. The number of nitrogens with two attached hydrogens (primary N) is 1. The number of aryl methyl sites for hydroxylation is 1. The van der Waals surface area contributed by atoms with E-state index in [-0.39, 0.29) is 5.78 Å². The van der Waals surface area contributed by atoms with Crippen LogP contribution in [0.25, 0.3) is 10.2 Å². The van der Waals surface area contributed by atoms with Gasteiger partial charge in [0, 0.05) is 12.2 Å². The number of nitrogen functional groups attached to an aromatic ring is 1. The second-order valence-corrected chi connectivity index (χ2v) is 8.46. The van der Waals surface area contributed by atoms with Crippen molar-refractivity contribution in [1.82, 2.24) is 15.2 Å². The molecule has 2 heterocycles. The number of para-hydroxylation sites is 1. The fraction of sp³-hybridized carbons (Fsp3) is 0.375. The summed E-state index contributed by atoms with van der Waals surface area (Å²) in [7, 11) is 0. The van der Waals surface area contributed by atoms with Gasteiger partial charge in [-0.1, -0.05) is 42.2 Å². The molecule has 0 saturated carbocycles. The first-order chi connectivity index (χ1) is 11.6. The Kier molecular flexibility index (Phi) is 7.61. The topological polar surface area (TPSA) is 81.8 Å². The summed E-state index contributed by atoms with van der Waals surface area (Å²) >= 11 is 4.91. The lowest BCUT2D eigenvalue weighted by Crippen LogP contribution is -1.90. The van der Waals surface area contributed by atoms with Crippen LogP contribution < -0.4 is 5.73 Å². The number of Topliss-reactive ketones (excluding diaryl/α,β-unsaturated/α-hetero) is 1. The summed E-state index contributed by atoms with van der Waals surface area (Å²) in [6.07, 6.45) is 2.54. The number of thiazole rings is 1. The molecule has 0 amide bonds. The van der Waals surface area contributed by atoms with Crippen LogP contribution in [0, 0.1) is 0 Å². The summed E-state index contributed by atoms with van der Waals surface area (Å²) in [6.45, 7) is 3.67. The number of nitrogens with zero attached hydrogens (tertiary/aromatic N) is 3. The quantitative estimate of drug-likeness (QED) is 0.503. The smallest absolute Gasteiger partial charge is 0.203 e. The van der Waals surface area contributed by atoms with E-state index in [4.69, 9.17) is 5.73 Å². The van der Waals surface area contributed by atoms with Crippen molar-refractivity contribution in [3.63, 3.8) is 0 Å². The van der Waals surface area contributed by atoms with Crippen molar-refractivity contribution in [2.75, 3.05) is 11.5 Å². The molecular weight excluding hydrogens is 360 g/mol. The number of hydrogen-bond acceptors (Lipinski definition) is 8. The fourth-order valence-corrected chi connectivity index (χ4v) is 4.43. The van der Waals surface area contributed by atoms with Gasteiger partial charge in [-0.25, -0.2) is 4.98 Å². The number of ketones is 1. The SMILES string of the molecule is CC(=O)CCCSc1nc2ccccc2s1.CCc1nnc(N)s1. The molecule has 2 N–H and O–H groups in total. The number of carbonyl (C=O) groups excluding carboxylic acids is 1. The van der Waals surface area contributed by atoms with E-state index < -0.39 is 0 Å². The Morgan fingerprint density at radius 2 is 2.04 bits per heavy atom. The normalized spacial score (nSPS) is 10.4. The minimum atomic E-state index is 0.268. The summed E-state index contributed by atoms with van der Waals surface area (Å²) in [5.41, 5.74) is 6.37. The second kappa shape index (κ2) is 9.71. The Labute approximate surface area is 153 Å². The lowest BCUT2D eigenvalue weighted by molar-refractivity contribution is -0.117. The average Bonchev–Trinajstić information content (AvgIpc) is 3.17. The van der Waals surface area contributed by atoms with Crippen molar-refractivity contribution in [2.24, 2.45) is 0 Å². The molecule has 24 heavy (non-hydrogen) atoms. The van der Waals surface area contributed by atoms with Gasteiger partial charge in [-0.2, -0.15) is 0 Å². The van der Waals surface area contributed by atoms with Crippen LogP contribution in [0.3, 0.4) is 0 Å². The highest BCUT2D eigenvalue weighted by Gasteiger charge is 2.03. The summed E-state index contributed by atoms with van der Waals surface area (Å²) in [5.74, 6) is 1.24. The highest BCUT2D eigenvalue weighted by molar-refractivity contribution is 8.01. The first-order valence-corrected chi connectivity index (χ1v) is 10.3. The molecule has 8 heteroatoms. The second-order valence-electron chi connectivity index (χ2n) is 4.99. The van der Waals surface area contributed by atoms with Gasteiger partial charge in [0.2, 0.25) is 5.13 Å². The number of carbonyl (C=O) groups is 1. The molecule has 0 unspecified atom stereocenters. The monoisotopic (exact) mass is 380 g/mol. The van der Waals surface area contributed by atoms with Crippen molar-refractivity contribution < 1.29 is 4.79 Å². The number of thioether (sulfide) groups is 1. The molecule has 1 aromatic carbocycles. The molecule has 5 nitrogen and oxygen atoms in total. The highest BCUT2D eigenvalue weighted by Crippen LogP contribution is 2.29. The van der Waals surface area contributed by atoms with E-state index in [1.807, 2.05) is 25.1 Å². The minimum Gasteiger partial charge on any atom is -0.374 e. The first-order valence-electron chi connectivity index (χ1n) is 7.64. The molecule has 0 saturated heterocycles. The molecule has 0 aliphatic carbocycles. The van der Waals surface area contributed by atoms with Gasteiger partial charge in [-0.15, -0.1) is 21.5 Å². The van der Waals surface area contributed by atoms with Gasteiger partial charge in [0.1, 0.15) is 10.8 Å². The lowest BCUT2D eigenvalue weighted by atomic mass is 10.3. The Morgan fingerprint density at radius 3 is 2.62 bits per heavy atom. The van der Waals surface area contributed by atoms with Gasteiger partial charge in [0.15, 0.2) is 4.34 Å². The lowest BCUT2D eigenvalue weighted by Gasteiger charge is -1.94. The minimum absolute atomic E-state index is 0.268. The molecular formula is C16H20N4OS3. The number of aromatic nitrogens is 3. The zero-order chi connectivity index (χ0) is 17.4. The maximum atomic E-state index is 10.8. The third kappa shape index (κ3) is 6.18. The van der Waals surface area contributed by atoms with Crippen LogP contribution >= 0.6 is 34.4 Å². The molecule has 0 atom stereocenters. The number of hydrogen-bond donors (Lipinski definition) is 1. The van der Waals surface area contributed by atoms with Crippen LogP contribution in [0.4, 0.5) is 5.13 Å². The van der Waals surface area contributed by atoms with Gasteiger partial charge < -0.3 is 10.5 Å². The van der Waals surface area contributed by atoms with Gasteiger partial charge in [-0.3, -0.25) is 0 Å². The van der Waals surface area contributed by atoms with E-state index >= 15 is 0 Å². The molecule has 3 rings (SSSR count). The van der Waals surface area contributed by atoms with Crippen molar-refractivity contribution in [1.29, 1.82) is 0 Å². The van der Waals surface area contributed by atoms with Crippen molar-refractivity contribution in [2.45, 2.75) is 37.4 Å². The predicted octanol–water partition coefficient (Wildman–Crippen LogP) is 4.44. The van der Waals surface area contributed by atoms with E-state index in [2.05, 4.69) is 21.2 Å². The highest BCUT2D eigenvalue weighted by atomic mass is 32.2. The Hall–Kier alpha value is -1.51. The van der Waals surface area contributed by atoms with Crippen LogP contribution in [-0.4, -0.2) is 26.7 Å². The fourth-order valence-electron chi connectivity index (χ4n) is 1.80.